The van der Waals surface area contributed by atoms with Gasteiger partial charge in [-0.1, -0.05) is 0 Å². The summed E-state index contributed by atoms with van der Waals surface area (Å²) in [7, 11) is 0. The predicted molar refractivity (Wildman–Crippen MR) is 35.8 cm³/mol. The molecule has 0 unspecified atom stereocenters. The molecule has 0 fully saturated rings. The summed E-state index contributed by atoms with van der Waals surface area (Å²) < 4.78 is 0. The van der Waals surface area contributed by atoms with Gasteiger partial charge in [0.1, 0.15) is 6.34 Å². The van der Waals surface area contributed by atoms with E-state index >= 15 is 0 Å². The zero-order chi connectivity index (χ0) is 6.91. The summed E-state index contributed by atoms with van der Waals surface area (Å²) in [6.07, 6.45) is 2.87. The molecule has 0 saturated carbocycles. The molecule has 0 N–H and O–H groups in total. The third-order valence-corrected chi connectivity index (χ3v) is 1.19. The molecule has 48 valence electrons. The van der Waals surface area contributed by atoms with Crippen molar-refractivity contribution < 1.29 is 4.79 Å². The lowest BCUT2D eigenvalue weighted by Crippen LogP contribution is -2.26. The van der Waals surface area contributed by atoms with Crippen molar-refractivity contribution in [3.8, 4) is 0 Å². The van der Waals surface area contributed by atoms with E-state index in [-0.39, 0.29) is 5.91 Å². The molecule has 3 nitrogen and oxygen atoms in total. The summed E-state index contributed by atoms with van der Waals surface area (Å²) in [5.41, 5.74) is -0.491. The van der Waals surface area contributed by atoms with Crippen LogP contribution in [0, 0.1) is 5.41 Å². The molecule has 0 aliphatic carbocycles. The number of carbonyl (C=O) groups is 1. The Morgan fingerprint density at radius 3 is 2.56 bits per heavy atom. The summed E-state index contributed by atoms with van der Waals surface area (Å²) in [5, 5.41) is 0. The van der Waals surface area contributed by atoms with E-state index in [0.717, 1.165) is 0 Å². The van der Waals surface area contributed by atoms with Gasteiger partial charge >= 0.3 is 0 Å². The number of hydrogen-bond donors (Lipinski definition) is 0. The van der Waals surface area contributed by atoms with Gasteiger partial charge in [0.2, 0.25) is 0 Å². The highest BCUT2D eigenvalue weighted by Gasteiger charge is 2.25. The van der Waals surface area contributed by atoms with Crippen LogP contribution in [-0.2, 0) is 4.79 Å². The molecule has 0 aromatic carbocycles. The molecule has 9 heavy (non-hydrogen) atoms. The van der Waals surface area contributed by atoms with Crippen molar-refractivity contribution in [3.63, 3.8) is 0 Å². The maximum Gasteiger partial charge on any atom is 0.258 e. The van der Waals surface area contributed by atoms with Crippen molar-refractivity contribution in [2.75, 3.05) is 0 Å². The number of nitrogens with zero attached hydrogens (tertiary/aromatic N) is 2. The Hall–Kier alpha value is -0.990. The molecule has 0 saturated heterocycles. The van der Waals surface area contributed by atoms with E-state index in [4.69, 9.17) is 0 Å². The molecule has 0 aromatic heterocycles. The minimum absolute atomic E-state index is 0.127. The lowest BCUT2D eigenvalue weighted by molar-refractivity contribution is -0.122. The minimum atomic E-state index is -0.491. The fourth-order valence-corrected chi connectivity index (χ4v) is 0.527. The highest BCUT2D eigenvalue weighted by molar-refractivity contribution is 6.05. The summed E-state index contributed by atoms with van der Waals surface area (Å²) in [4.78, 5) is 18.1. The van der Waals surface area contributed by atoms with Gasteiger partial charge < -0.3 is 0 Å². The Labute approximate surface area is 53.5 Å². The van der Waals surface area contributed by atoms with Gasteiger partial charge in [0.15, 0.2) is 0 Å². The van der Waals surface area contributed by atoms with Crippen LogP contribution in [0.3, 0.4) is 0 Å². The summed E-state index contributed by atoms with van der Waals surface area (Å²) in [5.74, 6) is -0.127. The molecule has 0 bridgehead atoms. The number of amides is 1. The van der Waals surface area contributed by atoms with Crippen LogP contribution in [0.15, 0.2) is 9.98 Å². The molecular formula is C6H8N2O. The van der Waals surface area contributed by atoms with E-state index < -0.39 is 5.41 Å². The topological polar surface area (TPSA) is 41.8 Å². The zero-order valence-electron chi connectivity index (χ0n) is 5.46. The standard InChI is InChI=1S/C6H8N2O/c1-6(2)3-7-4-8-5(6)9/h3-4H,1-2H3. The van der Waals surface area contributed by atoms with E-state index in [9.17, 15) is 4.79 Å². The van der Waals surface area contributed by atoms with Crippen LogP contribution in [-0.4, -0.2) is 18.5 Å². The number of hydrogen-bond acceptors (Lipinski definition) is 2. The third kappa shape index (κ3) is 1.04. The van der Waals surface area contributed by atoms with Gasteiger partial charge in [0, 0.05) is 6.21 Å². The van der Waals surface area contributed by atoms with Crippen molar-refractivity contribution in [1.29, 1.82) is 0 Å². The molecule has 0 radical (unpaired) electrons. The average molecular weight is 124 g/mol. The second kappa shape index (κ2) is 1.76. The largest absolute Gasteiger partial charge is 0.272 e. The molecule has 0 atom stereocenters. The first-order valence-electron chi connectivity index (χ1n) is 2.74. The lowest BCUT2D eigenvalue weighted by atomic mass is 9.94. The molecule has 1 aliphatic rings. The van der Waals surface area contributed by atoms with Crippen molar-refractivity contribution in [2.45, 2.75) is 13.8 Å². The van der Waals surface area contributed by atoms with Crippen molar-refractivity contribution in [3.05, 3.63) is 0 Å². The van der Waals surface area contributed by atoms with Crippen LogP contribution in [0.4, 0.5) is 0 Å². The molecular weight excluding hydrogens is 116 g/mol. The first-order chi connectivity index (χ1) is 4.13. The SMILES string of the molecule is CC1(C)C=NC=NC1=O. The van der Waals surface area contributed by atoms with Crippen LogP contribution in [0.25, 0.3) is 0 Å². The quantitative estimate of drug-likeness (QED) is 0.467. The number of rotatable bonds is 0. The maximum absolute atomic E-state index is 10.8. The smallest absolute Gasteiger partial charge is 0.258 e. The monoisotopic (exact) mass is 124 g/mol. The molecule has 1 rings (SSSR count). The van der Waals surface area contributed by atoms with E-state index in [1.165, 1.54) is 6.34 Å². The molecule has 0 aromatic rings. The summed E-state index contributed by atoms with van der Waals surface area (Å²) >= 11 is 0. The second-order valence-corrected chi connectivity index (χ2v) is 2.55. The zero-order valence-corrected chi connectivity index (χ0v) is 5.46. The van der Waals surface area contributed by atoms with Crippen molar-refractivity contribution in [2.24, 2.45) is 15.4 Å². The lowest BCUT2D eigenvalue weighted by Gasteiger charge is -2.14. The maximum atomic E-state index is 10.8. The van der Waals surface area contributed by atoms with Gasteiger partial charge in [-0.25, -0.2) is 9.98 Å². The van der Waals surface area contributed by atoms with Gasteiger partial charge in [-0.05, 0) is 13.8 Å². The van der Waals surface area contributed by atoms with E-state index in [0.29, 0.717) is 0 Å². The van der Waals surface area contributed by atoms with Gasteiger partial charge in [-0.2, -0.15) is 0 Å². The Bertz CT molecular complexity index is 191. The van der Waals surface area contributed by atoms with Crippen LogP contribution in [0.5, 0.6) is 0 Å². The first-order valence-corrected chi connectivity index (χ1v) is 2.74. The van der Waals surface area contributed by atoms with Crippen LogP contribution in [0.1, 0.15) is 13.8 Å². The second-order valence-electron chi connectivity index (χ2n) is 2.55. The highest BCUT2D eigenvalue weighted by atomic mass is 16.1. The van der Waals surface area contributed by atoms with Gasteiger partial charge in [-0.3, -0.25) is 4.79 Å². The minimum Gasteiger partial charge on any atom is -0.272 e. The number of aliphatic imine (C=N–C) groups is 2. The van der Waals surface area contributed by atoms with Crippen molar-refractivity contribution in [1.82, 2.24) is 0 Å². The molecule has 0 spiro atoms. The Morgan fingerprint density at radius 1 is 1.56 bits per heavy atom. The number of carbonyl (C=O) groups excluding carboxylic acids is 1. The van der Waals surface area contributed by atoms with E-state index in [1.54, 1.807) is 20.1 Å². The Morgan fingerprint density at radius 2 is 2.22 bits per heavy atom. The van der Waals surface area contributed by atoms with Gasteiger partial charge in [0.05, 0.1) is 5.41 Å². The Balaban J connectivity index is 2.91. The summed E-state index contributed by atoms with van der Waals surface area (Å²) in [6.45, 7) is 3.57. The molecule has 3 heteroatoms. The predicted octanol–water partition coefficient (Wildman–Crippen LogP) is 0.652. The van der Waals surface area contributed by atoms with Crippen LogP contribution >= 0.6 is 0 Å². The van der Waals surface area contributed by atoms with Gasteiger partial charge in [0.25, 0.3) is 5.91 Å². The normalized spacial score (nSPS) is 22.7. The van der Waals surface area contributed by atoms with Gasteiger partial charge in [-0.15, -0.1) is 0 Å². The van der Waals surface area contributed by atoms with E-state index in [1.807, 2.05) is 0 Å². The Kier molecular flexibility index (Phi) is 1.20. The third-order valence-electron chi connectivity index (χ3n) is 1.19. The highest BCUT2D eigenvalue weighted by Crippen LogP contribution is 2.15. The summed E-state index contributed by atoms with van der Waals surface area (Å²) in [6, 6.07) is 0. The van der Waals surface area contributed by atoms with Crippen molar-refractivity contribution >= 4 is 18.5 Å². The molecule has 1 aliphatic heterocycles. The average Bonchev–Trinajstić information content (AvgIpc) is 1.77. The molecule has 1 amide bonds. The van der Waals surface area contributed by atoms with Crippen LogP contribution < -0.4 is 0 Å². The fraction of sp³-hybridized carbons (Fsp3) is 0.500. The fourth-order valence-electron chi connectivity index (χ4n) is 0.527. The van der Waals surface area contributed by atoms with E-state index in [2.05, 4.69) is 9.98 Å². The van der Waals surface area contributed by atoms with Crippen LogP contribution in [0.2, 0.25) is 0 Å². The first kappa shape index (κ1) is 6.13. The molecule has 1 heterocycles.